The average Bonchev–Trinajstić information content (AvgIpc) is 2.40. The van der Waals surface area contributed by atoms with Crippen LogP contribution in [0.5, 0.6) is 5.75 Å². The monoisotopic (exact) mass is 247 g/mol. The number of anilines is 1. The number of hydrogen-bond acceptors (Lipinski definition) is 2. The molecule has 2 heteroatoms. The van der Waals surface area contributed by atoms with Crippen LogP contribution in [-0.4, -0.2) is 18.2 Å². The van der Waals surface area contributed by atoms with Crippen LogP contribution in [0, 0.1) is 5.92 Å². The Hall–Kier alpha value is -1.18. The predicted molar refractivity (Wildman–Crippen MR) is 77.2 cm³/mol. The van der Waals surface area contributed by atoms with Crippen LogP contribution in [0.1, 0.15) is 45.4 Å². The molecule has 0 atom stereocenters. The van der Waals surface area contributed by atoms with Crippen molar-refractivity contribution >= 4 is 5.69 Å². The van der Waals surface area contributed by atoms with E-state index in [1.807, 2.05) is 12.1 Å². The van der Waals surface area contributed by atoms with Gasteiger partial charge in [-0.2, -0.15) is 0 Å². The first-order valence-corrected chi connectivity index (χ1v) is 7.33. The van der Waals surface area contributed by atoms with Crippen molar-refractivity contribution in [2.75, 3.05) is 18.0 Å². The standard InChI is InChI=1S/C16H25NO/c1-2-12-17(13-14-6-4-3-5-7-14)15-8-10-16(18)11-9-15/h8-11,14,18H,2-7,12-13H2,1H3. The van der Waals surface area contributed by atoms with E-state index in [4.69, 9.17) is 0 Å². The molecule has 18 heavy (non-hydrogen) atoms. The first-order valence-electron chi connectivity index (χ1n) is 7.33. The third-order valence-electron chi connectivity index (χ3n) is 3.91. The Balaban J connectivity index is 2.00. The van der Waals surface area contributed by atoms with Crippen LogP contribution >= 0.6 is 0 Å². The summed E-state index contributed by atoms with van der Waals surface area (Å²) in [5, 5.41) is 9.37. The highest BCUT2D eigenvalue weighted by Gasteiger charge is 2.17. The summed E-state index contributed by atoms with van der Waals surface area (Å²) in [5.41, 5.74) is 1.25. The zero-order chi connectivity index (χ0) is 12.8. The summed E-state index contributed by atoms with van der Waals surface area (Å²) in [4.78, 5) is 2.48. The van der Waals surface area contributed by atoms with E-state index in [9.17, 15) is 5.11 Å². The zero-order valence-corrected chi connectivity index (χ0v) is 11.4. The summed E-state index contributed by atoms with van der Waals surface area (Å²) in [5.74, 6) is 1.21. The molecule has 0 heterocycles. The van der Waals surface area contributed by atoms with Crippen molar-refractivity contribution in [2.24, 2.45) is 5.92 Å². The molecule has 0 spiro atoms. The number of hydrogen-bond donors (Lipinski definition) is 1. The van der Waals surface area contributed by atoms with Crippen molar-refractivity contribution in [1.82, 2.24) is 0 Å². The van der Waals surface area contributed by atoms with Crippen LogP contribution in [-0.2, 0) is 0 Å². The molecule has 0 saturated heterocycles. The van der Waals surface area contributed by atoms with E-state index in [2.05, 4.69) is 11.8 Å². The van der Waals surface area contributed by atoms with Crippen molar-refractivity contribution in [3.63, 3.8) is 0 Å². The lowest BCUT2D eigenvalue weighted by Gasteiger charge is -2.31. The van der Waals surface area contributed by atoms with Crippen LogP contribution in [0.15, 0.2) is 24.3 Å². The van der Waals surface area contributed by atoms with Crippen LogP contribution in [0.2, 0.25) is 0 Å². The smallest absolute Gasteiger partial charge is 0.115 e. The van der Waals surface area contributed by atoms with Gasteiger partial charge in [-0.1, -0.05) is 26.2 Å². The molecule has 1 aromatic rings. The van der Waals surface area contributed by atoms with Gasteiger partial charge in [0.2, 0.25) is 0 Å². The zero-order valence-electron chi connectivity index (χ0n) is 11.4. The topological polar surface area (TPSA) is 23.5 Å². The lowest BCUT2D eigenvalue weighted by molar-refractivity contribution is 0.358. The SMILES string of the molecule is CCCN(CC1CCCCC1)c1ccc(O)cc1. The fourth-order valence-corrected chi connectivity index (χ4v) is 2.94. The fourth-order valence-electron chi connectivity index (χ4n) is 2.94. The molecule has 0 radical (unpaired) electrons. The Morgan fingerprint density at radius 2 is 1.78 bits per heavy atom. The lowest BCUT2D eigenvalue weighted by Crippen LogP contribution is -2.31. The summed E-state index contributed by atoms with van der Waals surface area (Å²) in [6.45, 7) is 4.52. The molecule has 0 aromatic heterocycles. The molecule has 100 valence electrons. The minimum atomic E-state index is 0.355. The van der Waals surface area contributed by atoms with Crippen molar-refractivity contribution in [2.45, 2.75) is 45.4 Å². The van der Waals surface area contributed by atoms with Gasteiger partial charge < -0.3 is 10.0 Å². The van der Waals surface area contributed by atoms with Gasteiger partial charge in [0.25, 0.3) is 0 Å². The second kappa shape index (κ2) is 6.67. The van der Waals surface area contributed by atoms with Crippen molar-refractivity contribution in [1.29, 1.82) is 0 Å². The van der Waals surface area contributed by atoms with Crippen LogP contribution < -0.4 is 4.90 Å². The van der Waals surface area contributed by atoms with E-state index in [1.54, 1.807) is 12.1 Å². The Bertz CT molecular complexity index is 341. The Labute approximate surface area is 111 Å². The first-order chi connectivity index (χ1) is 8.79. The Morgan fingerprint density at radius 1 is 1.11 bits per heavy atom. The van der Waals surface area contributed by atoms with Crippen LogP contribution in [0.4, 0.5) is 5.69 Å². The second-order valence-electron chi connectivity index (χ2n) is 5.47. The molecule has 1 fully saturated rings. The summed E-state index contributed by atoms with van der Waals surface area (Å²) in [7, 11) is 0. The predicted octanol–water partition coefficient (Wildman–Crippen LogP) is 4.19. The largest absolute Gasteiger partial charge is 0.508 e. The molecule has 0 unspecified atom stereocenters. The number of nitrogens with zero attached hydrogens (tertiary/aromatic N) is 1. The van der Waals surface area contributed by atoms with Crippen molar-refractivity contribution in [3.8, 4) is 5.75 Å². The molecule has 2 rings (SSSR count). The minimum absolute atomic E-state index is 0.355. The maximum Gasteiger partial charge on any atom is 0.115 e. The highest BCUT2D eigenvalue weighted by Crippen LogP contribution is 2.27. The molecule has 1 aliphatic carbocycles. The van der Waals surface area contributed by atoms with Gasteiger partial charge >= 0.3 is 0 Å². The van der Waals surface area contributed by atoms with Crippen LogP contribution in [0.25, 0.3) is 0 Å². The molecule has 1 N–H and O–H groups in total. The van der Waals surface area contributed by atoms with Gasteiger partial charge in [-0.25, -0.2) is 0 Å². The summed E-state index contributed by atoms with van der Waals surface area (Å²) in [6.07, 6.45) is 8.17. The number of benzene rings is 1. The van der Waals surface area contributed by atoms with E-state index in [0.717, 1.165) is 12.5 Å². The summed E-state index contributed by atoms with van der Waals surface area (Å²) >= 11 is 0. The normalized spacial score (nSPS) is 16.7. The first kappa shape index (κ1) is 13.3. The highest BCUT2D eigenvalue weighted by atomic mass is 16.3. The van der Waals surface area contributed by atoms with Crippen molar-refractivity contribution < 1.29 is 5.11 Å². The van der Waals surface area contributed by atoms with Gasteiger partial charge in [-0.05, 0) is 49.4 Å². The van der Waals surface area contributed by atoms with Gasteiger partial charge in [0.05, 0.1) is 0 Å². The number of phenols is 1. The van der Waals surface area contributed by atoms with E-state index >= 15 is 0 Å². The Kier molecular flexibility index (Phi) is 4.91. The summed E-state index contributed by atoms with van der Waals surface area (Å²) < 4.78 is 0. The lowest BCUT2D eigenvalue weighted by atomic mass is 9.89. The quantitative estimate of drug-likeness (QED) is 0.843. The second-order valence-corrected chi connectivity index (χ2v) is 5.47. The summed E-state index contributed by atoms with van der Waals surface area (Å²) in [6, 6.07) is 7.65. The maximum absolute atomic E-state index is 9.37. The average molecular weight is 247 g/mol. The molecule has 1 saturated carbocycles. The molecular weight excluding hydrogens is 222 g/mol. The Morgan fingerprint density at radius 3 is 2.39 bits per heavy atom. The van der Waals surface area contributed by atoms with Gasteiger partial charge in [0, 0.05) is 18.8 Å². The van der Waals surface area contributed by atoms with Gasteiger partial charge in [0.1, 0.15) is 5.75 Å². The van der Waals surface area contributed by atoms with E-state index in [0.29, 0.717) is 5.75 Å². The molecule has 1 aliphatic rings. The number of phenolic OH excluding ortho intramolecular Hbond substituents is 1. The molecule has 0 aliphatic heterocycles. The van der Waals surface area contributed by atoms with Gasteiger partial charge in [-0.15, -0.1) is 0 Å². The van der Waals surface area contributed by atoms with E-state index in [-0.39, 0.29) is 0 Å². The van der Waals surface area contributed by atoms with Crippen molar-refractivity contribution in [3.05, 3.63) is 24.3 Å². The van der Waals surface area contributed by atoms with Gasteiger partial charge in [-0.3, -0.25) is 0 Å². The number of aromatic hydroxyl groups is 1. The molecule has 2 nitrogen and oxygen atoms in total. The molecule has 0 bridgehead atoms. The van der Waals surface area contributed by atoms with E-state index in [1.165, 1.54) is 50.8 Å². The fraction of sp³-hybridized carbons (Fsp3) is 0.625. The molecule has 1 aromatic carbocycles. The van der Waals surface area contributed by atoms with E-state index < -0.39 is 0 Å². The third kappa shape index (κ3) is 3.66. The minimum Gasteiger partial charge on any atom is -0.508 e. The van der Waals surface area contributed by atoms with Gasteiger partial charge in [0.15, 0.2) is 0 Å². The van der Waals surface area contributed by atoms with Crippen LogP contribution in [0.3, 0.4) is 0 Å². The maximum atomic E-state index is 9.37. The highest BCUT2D eigenvalue weighted by molar-refractivity contribution is 5.48. The molecule has 0 amide bonds. The number of rotatable bonds is 5. The molecular formula is C16H25NO. The third-order valence-corrected chi connectivity index (χ3v) is 3.91.